The highest BCUT2D eigenvalue weighted by Crippen LogP contribution is 2.37. The van der Waals surface area contributed by atoms with Crippen LogP contribution in [0, 0.1) is 5.82 Å². The fourth-order valence-electron chi connectivity index (χ4n) is 1.70. The first-order chi connectivity index (χ1) is 9.90. The molecule has 0 unspecified atom stereocenters. The summed E-state index contributed by atoms with van der Waals surface area (Å²) in [6, 6.07) is 4.73. The lowest BCUT2D eigenvalue weighted by atomic mass is 10.1. The Hall–Kier alpha value is -1.82. The van der Waals surface area contributed by atoms with E-state index in [1.54, 1.807) is 0 Å². The molecule has 0 aliphatic heterocycles. The summed E-state index contributed by atoms with van der Waals surface area (Å²) < 4.78 is 57.0. The maximum absolute atomic E-state index is 13.0. The van der Waals surface area contributed by atoms with Crippen LogP contribution in [0.4, 0.5) is 17.6 Å². The van der Waals surface area contributed by atoms with E-state index in [4.69, 9.17) is 16.3 Å². The molecule has 7 heteroatoms. The third kappa shape index (κ3) is 4.07. The molecule has 0 aliphatic carbocycles. The summed E-state index contributed by atoms with van der Waals surface area (Å²) >= 11 is 5.53. The summed E-state index contributed by atoms with van der Waals surface area (Å²) in [7, 11) is 0. The third-order valence-corrected chi connectivity index (χ3v) is 2.97. The molecule has 0 radical (unpaired) electrons. The second-order valence-electron chi connectivity index (χ2n) is 4.26. The Labute approximate surface area is 123 Å². The van der Waals surface area contributed by atoms with Gasteiger partial charge in [0.05, 0.1) is 11.8 Å². The van der Waals surface area contributed by atoms with Crippen molar-refractivity contribution in [1.82, 2.24) is 4.98 Å². The average Bonchev–Trinajstić information content (AvgIpc) is 2.44. The van der Waals surface area contributed by atoms with Gasteiger partial charge >= 0.3 is 6.18 Å². The molecular formula is C14H10ClF4NO. The number of halogens is 5. The Morgan fingerprint density at radius 3 is 2.48 bits per heavy atom. The van der Waals surface area contributed by atoms with Gasteiger partial charge < -0.3 is 4.74 Å². The fraction of sp³-hybridized carbons (Fsp3) is 0.214. The predicted octanol–water partition coefficient (Wildman–Crippen LogP) is 4.56. The van der Waals surface area contributed by atoms with Crippen LogP contribution in [-0.2, 0) is 18.7 Å². The van der Waals surface area contributed by atoms with Crippen molar-refractivity contribution in [3.8, 4) is 5.75 Å². The first-order valence-corrected chi connectivity index (χ1v) is 6.42. The van der Waals surface area contributed by atoms with Gasteiger partial charge in [-0.25, -0.2) is 4.39 Å². The average molecular weight is 320 g/mol. The van der Waals surface area contributed by atoms with E-state index in [1.165, 1.54) is 18.3 Å². The number of rotatable bonds is 4. The van der Waals surface area contributed by atoms with Crippen LogP contribution >= 0.6 is 11.6 Å². The van der Waals surface area contributed by atoms with E-state index in [0.717, 1.165) is 18.3 Å². The topological polar surface area (TPSA) is 22.1 Å². The van der Waals surface area contributed by atoms with Crippen molar-refractivity contribution in [2.75, 3.05) is 0 Å². The zero-order valence-corrected chi connectivity index (χ0v) is 11.4. The fourth-order valence-corrected chi connectivity index (χ4v) is 1.87. The highest BCUT2D eigenvalue weighted by Gasteiger charge is 2.34. The van der Waals surface area contributed by atoms with E-state index in [9.17, 15) is 17.6 Å². The molecule has 21 heavy (non-hydrogen) atoms. The van der Waals surface area contributed by atoms with Crippen LogP contribution in [0.1, 0.15) is 16.7 Å². The highest BCUT2D eigenvalue weighted by atomic mass is 35.5. The number of benzene rings is 1. The molecule has 0 bridgehead atoms. The van der Waals surface area contributed by atoms with Gasteiger partial charge in [-0.2, -0.15) is 13.2 Å². The van der Waals surface area contributed by atoms with Gasteiger partial charge in [-0.05, 0) is 23.8 Å². The van der Waals surface area contributed by atoms with Crippen molar-refractivity contribution in [3.63, 3.8) is 0 Å². The third-order valence-electron chi connectivity index (χ3n) is 2.66. The van der Waals surface area contributed by atoms with Gasteiger partial charge in [0.1, 0.15) is 18.2 Å². The molecule has 1 heterocycles. The Morgan fingerprint density at radius 2 is 1.86 bits per heavy atom. The van der Waals surface area contributed by atoms with Crippen LogP contribution in [0.25, 0.3) is 0 Å². The van der Waals surface area contributed by atoms with Gasteiger partial charge in [-0.3, -0.25) is 4.98 Å². The number of hydrogen-bond donors (Lipinski definition) is 0. The number of hydrogen-bond acceptors (Lipinski definition) is 2. The molecule has 2 nitrogen and oxygen atoms in total. The van der Waals surface area contributed by atoms with Gasteiger partial charge in [-0.15, -0.1) is 11.6 Å². The molecule has 1 aromatic carbocycles. The van der Waals surface area contributed by atoms with Crippen molar-refractivity contribution in [2.24, 2.45) is 0 Å². The second-order valence-corrected chi connectivity index (χ2v) is 4.53. The van der Waals surface area contributed by atoms with Gasteiger partial charge in [-0.1, -0.05) is 6.07 Å². The number of nitrogens with zero attached hydrogens (tertiary/aromatic N) is 1. The minimum Gasteiger partial charge on any atom is -0.488 e. The highest BCUT2D eigenvalue weighted by molar-refractivity contribution is 6.17. The number of aromatic nitrogens is 1. The zero-order valence-electron chi connectivity index (χ0n) is 10.6. The van der Waals surface area contributed by atoms with E-state index in [0.29, 0.717) is 11.1 Å². The maximum atomic E-state index is 13.0. The van der Waals surface area contributed by atoms with Crippen molar-refractivity contribution >= 4 is 11.6 Å². The van der Waals surface area contributed by atoms with Crippen molar-refractivity contribution < 1.29 is 22.3 Å². The molecule has 0 saturated carbocycles. The normalized spacial score (nSPS) is 11.5. The zero-order chi connectivity index (χ0) is 15.5. The Balaban J connectivity index is 2.23. The standard InChI is InChI=1S/C14H10ClF4NO/c15-5-9-1-2-13(12(4-9)14(17,18)19)21-8-10-3-11(16)7-20-6-10/h1-4,6-7H,5,8H2. The van der Waals surface area contributed by atoms with Gasteiger partial charge in [0, 0.05) is 17.6 Å². The van der Waals surface area contributed by atoms with E-state index >= 15 is 0 Å². The van der Waals surface area contributed by atoms with Crippen molar-refractivity contribution in [1.29, 1.82) is 0 Å². The Morgan fingerprint density at radius 1 is 1.10 bits per heavy atom. The second kappa shape index (κ2) is 6.30. The molecule has 2 rings (SSSR count). The Kier molecular flexibility index (Phi) is 4.67. The summed E-state index contributed by atoms with van der Waals surface area (Å²) in [5.74, 6) is -0.942. The number of alkyl halides is 4. The minimum absolute atomic E-state index is 0.0306. The van der Waals surface area contributed by atoms with Crippen LogP contribution in [0.3, 0.4) is 0 Å². The van der Waals surface area contributed by atoms with E-state index in [1.807, 2.05) is 0 Å². The summed E-state index contributed by atoms with van der Waals surface area (Å²) in [4.78, 5) is 3.60. The summed E-state index contributed by atoms with van der Waals surface area (Å²) in [6.07, 6.45) is -2.24. The minimum atomic E-state index is -4.56. The summed E-state index contributed by atoms with van der Waals surface area (Å²) in [6.45, 7) is -0.214. The lowest BCUT2D eigenvalue weighted by Gasteiger charge is -2.15. The monoisotopic (exact) mass is 319 g/mol. The molecule has 0 N–H and O–H groups in total. The largest absolute Gasteiger partial charge is 0.488 e. The van der Waals surface area contributed by atoms with Gasteiger partial charge in [0.25, 0.3) is 0 Å². The van der Waals surface area contributed by atoms with Gasteiger partial charge in [0.2, 0.25) is 0 Å². The van der Waals surface area contributed by atoms with Crippen LogP contribution < -0.4 is 4.74 Å². The van der Waals surface area contributed by atoms with E-state index in [-0.39, 0.29) is 18.2 Å². The van der Waals surface area contributed by atoms with Crippen LogP contribution in [0.5, 0.6) is 5.75 Å². The van der Waals surface area contributed by atoms with Crippen LogP contribution in [-0.4, -0.2) is 4.98 Å². The molecule has 2 aromatic rings. The van der Waals surface area contributed by atoms with Crippen molar-refractivity contribution in [2.45, 2.75) is 18.7 Å². The lowest BCUT2D eigenvalue weighted by Crippen LogP contribution is -2.09. The quantitative estimate of drug-likeness (QED) is 0.609. The molecule has 0 spiro atoms. The molecule has 0 fully saturated rings. The smallest absolute Gasteiger partial charge is 0.419 e. The van der Waals surface area contributed by atoms with Crippen molar-refractivity contribution in [3.05, 3.63) is 59.2 Å². The van der Waals surface area contributed by atoms with Gasteiger partial charge in [0.15, 0.2) is 0 Å². The van der Waals surface area contributed by atoms with Crippen LogP contribution in [0.2, 0.25) is 0 Å². The molecule has 0 saturated heterocycles. The summed E-state index contributed by atoms with van der Waals surface area (Å²) in [5, 5.41) is 0. The summed E-state index contributed by atoms with van der Waals surface area (Å²) in [5.41, 5.74) is -0.238. The first-order valence-electron chi connectivity index (χ1n) is 5.88. The number of ether oxygens (including phenoxy) is 1. The van der Waals surface area contributed by atoms with E-state index in [2.05, 4.69) is 4.98 Å². The molecular weight excluding hydrogens is 310 g/mol. The SMILES string of the molecule is Fc1cncc(COc2ccc(CCl)cc2C(F)(F)F)c1. The van der Waals surface area contributed by atoms with Crippen LogP contribution in [0.15, 0.2) is 36.7 Å². The molecule has 112 valence electrons. The Bertz CT molecular complexity index is 631. The maximum Gasteiger partial charge on any atom is 0.419 e. The molecule has 0 amide bonds. The lowest BCUT2D eigenvalue weighted by molar-refractivity contribution is -0.139. The van der Waals surface area contributed by atoms with E-state index < -0.39 is 17.6 Å². The molecule has 0 atom stereocenters. The molecule has 1 aromatic heterocycles. The number of pyridine rings is 1. The predicted molar refractivity (Wildman–Crippen MR) is 69.5 cm³/mol. The molecule has 0 aliphatic rings. The first kappa shape index (κ1) is 15.6.